The Balaban J connectivity index is 1.58. The molecule has 0 atom stereocenters. The Kier molecular flexibility index (Phi) is 4.96. The van der Waals surface area contributed by atoms with Crippen LogP contribution in [0.2, 0.25) is 0 Å². The molecule has 118 valence electrons. The maximum Gasteiger partial charge on any atom is 0.234 e. The molecule has 1 N–H and O–H groups in total. The van der Waals surface area contributed by atoms with Gasteiger partial charge in [0.2, 0.25) is 5.91 Å². The van der Waals surface area contributed by atoms with Crippen molar-refractivity contribution in [2.75, 3.05) is 6.54 Å². The minimum atomic E-state index is 0.0741. The van der Waals surface area contributed by atoms with Crippen LogP contribution in [0.1, 0.15) is 37.2 Å². The van der Waals surface area contributed by atoms with Crippen LogP contribution >= 0.6 is 0 Å². The van der Waals surface area contributed by atoms with E-state index in [1.54, 1.807) is 12.5 Å². The first kappa shape index (κ1) is 14.9. The number of hydrogen-bond acceptors (Lipinski definition) is 4. The number of carbonyl (C=O) groups is 1. The SMILES string of the molecule is O=C(CN(Cc1ccco1)Cc1ccco1)NC1CCCC1. The second kappa shape index (κ2) is 7.31. The molecule has 0 bridgehead atoms. The highest BCUT2D eigenvalue weighted by molar-refractivity contribution is 5.78. The van der Waals surface area contributed by atoms with Crippen molar-refractivity contribution in [3.8, 4) is 0 Å². The van der Waals surface area contributed by atoms with Gasteiger partial charge in [-0.2, -0.15) is 0 Å². The molecule has 2 aromatic heterocycles. The lowest BCUT2D eigenvalue weighted by Crippen LogP contribution is -2.40. The normalized spacial score (nSPS) is 15.5. The minimum Gasteiger partial charge on any atom is -0.468 e. The molecule has 1 amide bonds. The Labute approximate surface area is 130 Å². The molecule has 1 aliphatic rings. The first-order valence-electron chi connectivity index (χ1n) is 7.86. The van der Waals surface area contributed by atoms with Gasteiger partial charge in [0.15, 0.2) is 0 Å². The average Bonchev–Trinajstić information content (AvgIpc) is 3.20. The molecule has 1 saturated carbocycles. The van der Waals surface area contributed by atoms with E-state index in [0.29, 0.717) is 25.7 Å². The second-order valence-electron chi connectivity index (χ2n) is 5.85. The second-order valence-corrected chi connectivity index (χ2v) is 5.85. The fourth-order valence-corrected chi connectivity index (χ4v) is 2.96. The van der Waals surface area contributed by atoms with Gasteiger partial charge in [0.1, 0.15) is 11.5 Å². The van der Waals surface area contributed by atoms with Crippen LogP contribution in [0, 0.1) is 0 Å². The van der Waals surface area contributed by atoms with Crippen molar-refractivity contribution in [3.05, 3.63) is 48.3 Å². The van der Waals surface area contributed by atoms with Gasteiger partial charge in [0.25, 0.3) is 0 Å². The highest BCUT2D eigenvalue weighted by atomic mass is 16.3. The number of nitrogens with zero attached hydrogens (tertiary/aromatic N) is 1. The van der Waals surface area contributed by atoms with Crippen molar-refractivity contribution in [1.29, 1.82) is 0 Å². The summed E-state index contributed by atoms with van der Waals surface area (Å²) >= 11 is 0. The summed E-state index contributed by atoms with van der Waals surface area (Å²) in [4.78, 5) is 14.3. The zero-order valence-corrected chi connectivity index (χ0v) is 12.7. The number of amides is 1. The van der Waals surface area contributed by atoms with Gasteiger partial charge < -0.3 is 14.2 Å². The smallest absolute Gasteiger partial charge is 0.234 e. The number of furan rings is 2. The lowest BCUT2D eigenvalue weighted by atomic mass is 10.2. The Bertz CT molecular complexity index is 521. The molecule has 22 heavy (non-hydrogen) atoms. The van der Waals surface area contributed by atoms with Gasteiger partial charge in [-0.3, -0.25) is 9.69 Å². The van der Waals surface area contributed by atoms with E-state index in [-0.39, 0.29) is 5.91 Å². The van der Waals surface area contributed by atoms with Crippen LogP contribution in [0.3, 0.4) is 0 Å². The first-order chi connectivity index (χ1) is 10.8. The van der Waals surface area contributed by atoms with E-state index in [0.717, 1.165) is 24.4 Å². The number of nitrogens with one attached hydrogen (secondary N) is 1. The molecule has 0 aliphatic heterocycles. The van der Waals surface area contributed by atoms with E-state index in [9.17, 15) is 4.79 Å². The van der Waals surface area contributed by atoms with Gasteiger partial charge in [-0.05, 0) is 37.1 Å². The summed E-state index contributed by atoms with van der Waals surface area (Å²) in [5.74, 6) is 1.77. The van der Waals surface area contributed by atoms with E-state index in [1.165, 1.54) is 12.8 Å². The molecule has 0 radical (unpaired) electrons. The predicted molar refractivity (Wildman–Crippen MR) is 81.9 cm³/mol. The topological polar surface area (TPSA) is 58.6 Å². The van der Waals surface area contributed by atoms with Gasteiger partial charge in [-0.15, -0.1) is 0 Å². The van der Waals surface area contributed by atoms with Gasteiger partial charge in [0, 0.05) is 6.04 Å². The monoisotopic (exact) mass is 302 g/mol. The average molecular weight is 302 g/mol. The van der Waals surface area contributed by atoms with Crippen LogP contribution in [0.5, 0.6) is 0 Å². The summed E-state index contributed by atoms with van der Waals surface area (Å²) in [5.41, 5.74) is 0. The molecule has 3 rings (SSSR count). The maximum absolute atomic E-state index is 12.3. The Morgan fingerprint density at radius 3 is 2.18 bits per heavy atom. The summed E-state index contributed by atoms with van der Waals surface area (Å²) < 4.78 is 10.8. The first-order valence-corrected chi connectivity index (χ1v) is 7.86. The molecule has 0 saturated heterocycles. The molecule has 0 aromatic carbocycles. The molecule has 2 heterocycles. The summed E-state index contributed by atoms with van der Waals surface area (Å²) in [6, 6.07) is 7.91. The van der Waals surface area contributed by atoms with Crippen molar-refractivity contribution >= 4 is 5.91 Å². The highest BCUT2D eigenvalue weighted by Gasteiger charge is 2.20. The van der Waals surface area contributed by atoms with Crippen LogP contribution in [0.25, 0.3) is 0 Å². The van der Waals surface area contributed by atoms with Gasteiger partial charge in [-0.1, -0.05) is 12.8 Å². The molecular formula is C17H22N2O3. The predicted octanol–water partition coefficient (Wildman–Crippen LogP) is 2.93. The van der Waals surface area contributed by atoms with E-state index in [4.69, 9.17) is 8.83 Å². The Morgan fingerprint density at radius 1 is 1.09 bits per heavy atom. The van der Waals surface area contributed by atoms with Crippen LogP contribution in [-0.4, -0.2) is 23.4 Å². The largest absolute Gasteiger partial charge is 0.468 e. The van der Waals surface area contributed by atoms with E-state index < -0.39 is 0 Å². The third kappa shape index (κ3) is 4.24. The van der Waals surface area contributed by atoms with Crippen molar-refractivity contribution in [2.24, 2.45) is 0 Å². The van der Waals surface area contributed by atoms with Crippen molar-refractivity contribution < 1.29 is 13.6 Å². The Hall–Kier alpha value is -2.01. The van der Waals surface area contributed by atoms with Crippen LogP contribution in [-0.2, 0) is 17.9 Å². The minimum absolute atomic E-state index is 0.0741. The van der Waals surface area contributed by atoms with Crippen LogP contribution < -0.4 is 5.32 Å². The van der Waals surface area contributed by atoms with Crippen LogP contribution in [0.4, 0.5) is 0 Å². The maximum atomic E-state index is 12.3. The quantitative estimate of drug-likeness (QED) is 0.854. The standard InChI is InChI=1S/C17H22N2O3/c20-17(18-14-5-1-2-6-14)13-19(11-15-7-3-9-21-15)12-16-8-4-10-22-16/h3-4,7-10,14H,1-2,5-6,11-13H2,(H,18,20). The third-order valence-corrected chi connectivity index (χ3v) is 4.01. The van der Waals surface area contributed by atoms with Crippen LogP contribution in [0.15, 0.2) is 45.6 Å². The lowest BCUT2D eigenvalue weighted by molar-refractivity contribution is -0.123. The fraction of sp³-hybridized carbons (Fsp3) is 0.471. The van der Waals surface area contributed by atoms with Gasteiger partial charge >= 0.3 is 0 Å². The lowest BCUT2D eigenvalue weighted by Gasteiger charge is -2.21. The number of rotatable bonds is 7. The van der Waals surface area contributed by atoms with Crippen molar-refractivity contribution in [3.63, 3.8) is 0 Å². The van der Waals surface area contributed by atoms with Gasteiger partial charge in [-0.25, -0.2) is 0 Å². The molecule has 0 unspecified atom stereocenters. The zero-order chi connectivity index (χ0) is 15.2. The van der Waals surface area contributed by atoms with E-state index in [1.807, 2.05) is 29.2 Å². The molecule has 1 fully saturated rings. The fourth-order valence-electron chi connectivity index (χ4n) is 2.96. The molecule has 1 aliphatic carbocycles. The molecule has 0 spiro atoms. The van der Waals surface area contributed by atoms with Crippen molar-refractivity contribution in [1.82, 2.24) is 10.2 Å². The molecule has 5 heteroatoms. The Morgan fingerprint density at radius 2 is 1.68 bits per heavy atom. The third-order valence-electron chi connectivity index (χ3n) is 4.01. The summed E-state index contributed by atoms with van der Waals surface area (Å²) in [6.45, 7) is 1.52. The van der Waals surface area contributed by atoms with E-state index >= 15 is 0 Å². The summed E-state index contributed by atoms with van der Waals surface area (Å²) in [5, 5.41) is 3.13. The summed E-state index contributed by atoms with van der Waals surface area (Å²) in [7, 11) is 0. The number of hydrogen-bond donors (Lipinski definition) is 1. The molecule has 2 aromatic rings. The highest BCUT2D eigenvalue weighted by Crippen LogP contribution is 2.17. The summed E-state index contributed by atoms with van der Waals surface area (Å²) in [6.07, 6.45) is 7.93. The van der Waals surface area contributed by atoms with Crippen molar-refractivity contribution in [2.45, 2.75) is 44.8 Å². The van der Waals surface area contributed by atoms with E-state index in [2.05, 4.69) is 5.32 Å². The number of carbonyl (C=O) groups excluding carboxylic acids is 1. The molecular weight excluding hydrogens is 280 g/mol. The van der Waals surface area contributed by atoms with Gasteiger partial charge in [0.05, 0.1) is 32.2 Å². The molecule has 5 nitrogen and oxygen atoms in total. The zero-order valence-electron chi connectivity index (χ0n) is 12.7.